The van der Waals surface area contributed by atoms with Gasteiger partial charge in [0.2, 0.25) is 0 Å². The summed E-state index contributed by atoms with van der Waals surface area (Å²) in [5, 5.41) is 9.14. The lowest BCUT2D eigenvalue weighted by Crippen LogP contribution is -2.42. The van der Waals surface area contributed by atoms with E-state index in [-0.39, 0.29) is 23.9 Å². The zero-order valence-electron chi connectivity index (χ0n) is 21.5. The van der Waals surface area contributed by atoms with Crippen molar-refractivity contribution in [1.29, 1.82) is 0 Å². The second-order valence-electron chi connectivity index (χ2n) is 10.8. The summed E-state index contributed by atoms with van der Waals surface area (Å²) in [6.07, 6.45) is 3.20. The molecular weight excluding hydrogens is 444 g/mol. The van der Waals surface area contributed by atoms with Crippen molar-refractivity contribution in [2.24, 2.45) is 11.8 Å². The number of likely N-dealkylation sites (tertiary alicyclic amines) is 2. The molecule has 0 unspecified atom stereocenters. The van der Waals surface area contributed by atoms with Crippen molar-refractivity contribution >= 4 is 29.1 Å². The molecule has 0 aromatic rings. The summed E-state index contributed by atoms with van der Waals surface area (Å²) in [5.74, 6) is 1.76. The van der Waals surface area contributed by atoms with E-state index in [1.54, 1.807) is 16.7 Å². The second kappa shape index (κ2) is 13.4. The minimum absolute atomic E-state index is 0.171. The van der Waals surface area contributed by atoms with Crippen LogP contribution >= 0.6 is 11.8 Å². The molecule has 0 aromatic carbocycles. The van der Waals surface area contributed by atoms with E-state index in [0.29, 0.717) is 24.9 Å². The molecule has 9 heteroatoms. The van der Waals surface area contributed by atoms with Crippen molar-refractivity contribution in [3.8, 4) is 0 Å². The fraction of sp³-hybridized carbons (Fsp3) is 0.875. The molecule has 2 rings (SSSR count). The monoisotopic (exact) mass is 488 g/mol. The summed E-state index contributed by atoms with van der Waals surface area (Å²) in [7, 11) is 0. The number of piperidine rings is 2. The van der Waals surface area contributed by atoms with Crippen LogP contribution in [0.4, 0.5) is 9.59 Å². The summed E-state index contributed by atoms with van der Waals surface area (Å²) in [6, 6.07) is 0. The molecule has 1 N–H and O–H groups in total. The van der Waals surface area contributed by atoms with Gasteiger partial charge >= 0.3 is 12.2 Å². The Morgan fingerprint density at radius 1 is 0.788 bits per heavy atom. The topological polar surface area (TPSA) is 96.4 Å². The van der Waals surface area contributed by atoms with Gasteiger partial charge in [-0.2, -0.15) is 0 Å². The third-order valence-corrected chi connectivity index (χ3v) is 6.36. The molecule has 2 aliphatic heterocycles. The van der Waals surface area contributed by atoms with Crippen LogP contribution in [0, 0.1) is 11.8 Å². The standard InChI is InChI=1S/C13H23NO3S.C11H21NO3/c1-10(15)18-9-11-5-7-14(8-6-11)12(16)17-13(2,3)4;1-11(2,3)15-10(14)12-6-4-9(8-13)5-7-12/h11H,5-9H2,1-4H3;9,13H,4-8H2,1-3H3. The molecule has 2 aliphatic rings. The van der Waals surface area contributed by atoms with Crippen LogP contribution in [0.2, 0.25) is 0 Å². The Bertz CT molecular complexity index is 628. The van der Waals surface area contributed by atoms with Crippen LogP contribution in [0.15, 0.2) is 0 Å². The molecule has 0 atom stereocenters. The van der Waals surface area contributed by atoms with Crippen molar-refractivity contribution in [2.75, 3.05) is 38.5 Å². The lowest BCUT2D eigenvalue weighted by atomic mass is 9.98. The fourth-order valence-corrected chi connectivity index (χ4v) is 4.27. The Morgan fingerprint density at radius 2 is 1.15 bits per heavy atom. The SMILES string of the molecule is CC(=O)SCC1CCN(C(=O)OC(C)(C)C)CC1.CC(C)(C)OC(=O)N1CCC(CO)CC1. The molecule has 33 heavy (non-hydrogen) atoms. The first-order valence-corrected chi connectivity index (χ1v) is 12.9. The van der Waals surface area contributed by atoms with Gasteiger partial charge in [0.25, 0.3) is 0 Å². The number of hydrogen-bond acceptors (Lipinski definition) is 7. The Hall–Kier alpha value is -1.48. The molecule has 192 valence electrons. The summed E-state index contributed by atoms with van der Waals surface area (Å²) in [4.78, 5) is 37.9. The van der Waals surface area contributed by atoms with Gasteiger partial charge in [0, 0.05) is 45.5 Å². The van der Waals surface area contributed by atoms with Crippen LogP contribution in [0.1, 0.15) is 74.1 Å². The van der Waals surface area contributed by atoms with E-state index in [1.807, 2.05) is 41.5 Å². The number of carbonyl (C=O) groups is 3. The molecule has 2 amide bonds. The normalized spacial score (nSPS) is 18.3. The molecule has 0 aliphatic carbocycles. The van der Waals surface area contributed by atoms with Crippen molar-refractivity contribution in [1.82, 2.24) is 9.80 Å². The fourth-order valence-electron chi connectivity index (χ4n) is 3.47. The molecule has 2 saturated heterocycles. The Kier molecular flexibility index (Phi) is 12.0. The maximum absolute atomic E-state index is 11.8. The molecule has 2 heterocycles. The largest absolute Gasteiger partial charge is 0.444 e. The number of carbonyl (C=O) groups excluding carboxylic acids is 3. The number of hydrogen-bond donors (Lipinski definition) is 1. The lowest BCUT2D eigenvalue weighted by Gasteiger charge is -2.33. The lowest BCUT2D eigenvalue weighted by molar-refractivity contribution is -0.109. The van der Waals surface area contributed by atoms with Crippen LogP contribution in [-0.4, -0.2) is 81.9 Å². The van der Waals surface area contributed by atoms with Crippen LogP contribution < -0.4 is 0 Å². The number of rotatable bonds is 3. The summed E-state index contributed by atoms with van der Waals surface area (Å²) in [6.45, 7) is 15.9. The van der Waals surface area contributed by atoms with Crippen LogP contribution in [-0.2, 0) is 14.3 Å². The van der Waals surface area contributed by atoms with E-state index in [1.165, 1.54) is 11.8 Å². The van der Waals surface area contributed by atoms with Crippen LogP contribution in [0.5, 0.6) is 0 Å². The molecule has 0 saturated carbocycles. The number of nitrogens with zero attached hydrogens (tertiary/aromatic N) is 2. The number of thioether (sulfide) groups is 1. The van der Waals surface area contributed by atoms with Gasteiger partial charge in [-0.05, 0) is 79.1 Å². The van der Waals surface area contributed by atoms with Crippen molar-refractivity contribution in [3.05, 3.63) is 0 Å². The minimum Gasteiger partial charge on any atom is -0.444 e. The van der Waals surface area contributed by atoms with E-state index in [4.69, 9.17) is 14.6 Å². The quantitative estimate of drug-likeness (QED) is 0.623. The Labute approximate surface area is 203 Å². The summed E-state index contributed by atoms with van der Waals surface area (Å²) >= 11 is 1.38. The zero-order chi connectivity index (χ0) is 25.2. The van der Waals surface area contributed by atoms with Crippen LogP contribution in [0.25, 0.3) is 0 Å². The molecule has 8 nitrogen and oxygen atoms in total. The molecule has 0 bridgehead atoms. The van der Waals surface area contributed by atoms with Gasteiger partial charge in [-0.3, -0.25) is 4.79 Å². The van der Waals surface area contributed by atoms with Crippen LogP contribution in [0.3, 0.4) is 0 Å². The minimum atomic E-state index is -0.432. The van der Waals surface area contributed by atoms with Crippen molar-refractivity contribution in [3.63, 3.8) is 0 Å². The summed E-state index contributed by atoms with van der Waals surface area (Å²) in [5.41, 5.74) is -0.858. The highest BCUT2D eigenvalue weighted by atomic mass is 32.2. The highest BCUT2D eigenvalue weighted by Gasteiger charge is 2.27. The number of ether oxygens (including phenoxy) is 2. The highest BCUT2D eigenvalue weighted by molar-refractivity contribution is 8.13. The summed E-state index contributed by atoms with van der Waals surface area (Å²) < 4.78 is 10.6. The third-order valence-electron chi connectivity index (χ3n) is 5.31. The molecule has 0 aromatic heterocycles. The Morgan fingerprint density at radius 3 is 1.45 bits per heavy atom. The van der Waals surface area contributed by atoms with Gasteiger partial charge in [-0.1, -0.05) is 11.8 Å². The number of aliphatic hydroxyl groups is 1. The van der Waals surface area contributed by atoms with E-state index in [2.05, 4.69) is 0 Å². The number of aliphatic hydroxyl groups excluding tert-OH is 1. The molecule has 2 fully saturated rings. The average molecular weight is 489 g/mol. The molecule has 0 spiro atoms. The molecule has 0 radical (unpaired) electrons. The van der Waals surface area contributed by atoms with E-state index >= 15 is 0 Å². The molecular formula is C24H44N2O6S. The van der Waals surface area contributed by atoms with E-state index in [0.717, 1.165) is 44.5 Å². The van der Waals surface area contributed by atoms with E-state index < -0.39 is 11.2 Å². The van der Waals surface area contributed by atoms with Gasteiger partial charge in [0.1, 0.15) is 11.2 Å². The van der Waals surface area contributed by atoms with Gasteiger partial charge in [-0.25, -0.2) is 9.59 Å². The second-order valence-corrected chi connectivity index (χ2v) is 12.0. The van der Waals surface area contributed by atoms with Gasteiger partial charge in [0.05, 0.1) is 0 Å². The zero-order valence-corrected chi connectivity index (χ0v) is 22.3. The first kappa shape index (κ1) is 29.6. The maximum Gasteiger partial charge on any atom is 0.410 e. The average Bonchev–Trinajstić information content (AvgIpc) is 2.70. The first-order valence-electron chi connectivity index (χ1n) is 11.9. The van der Waals surface area contributed by atoms with Gasteiger partial charge < -0.3 is 24.4 Å². The highest BCUT2D eigenvalue weighted by Crippen LogP contribution is 2.23. The third kappa shape index (κ3) is 13.1. The smallest absolute Gasteiger partial charge is 0.410 e. The van der Waals surface area contributed by atoms with Crippen molar-refractivity contribution < 1.29 is 29.0 Å². The van der Waals surface area contributed by atoms with Crippen molar-refractivity contribution in [2.45, 2.75) is 85.4 Å². The maximum atomic E-state index is 11.8. The Balaban J connectivity index is 0.000000335. The number of amides is 2. The van der Waals surface area contributed by atoms with Gasteiger partial charge in [0.15, 0.2) is 5.12 Å². The first-order chi connectivity index (χ1) is 15.2. The van der Waals surface area contributed by atoms with Gasteiger partial charge in [-0.15, -0.1) is 0 Å². The predicted octanol–water partition coefficient (Wildman–Crippen LogP) is 4.54. The predicted molar refractivity (Wildman–Crippen MR) is 131 cm³/mol. The van der Waals surface area contributed by atoms with E-state index in [9.17, 15) is 14.4 Å².